The lowest BCUT2D eigenvalue weighted by Gasteiger charge is -2.07. The molecule has 0 saturated heterocycles. The van der Waals surface area contributed by atoms with Crippen molar-refractivity contribution < 1.29 is 4.74 Å². The Labute approximate surface area is 121 Å². The van der Waals surface area contributed by atoms with Gasteiger partial charge >= 0.3 is 0 Å². The molecule has 17 heavy (non-hydrogen) atoms. The highest BCUT2D eigenvalue weighted by Gasteiger charge is 2.05. The van der Waals surface area contributed by atoms with Gasteiger partial charge in [0.2, 0.25) is 5.88 Å². The van der Waals surface area contributed by atoms with E-state index >= 15 is 0 Å². The summed E-state index contributed by atoms with van der Waals surface area (Å²) in [5.74, 6) is 1.24. The molecule has 0 atom stereocenters. The maximum atomic E-state index is 5.80. The molecule has 0 amide bonds. The quantitative estimate of drug-likeness (QED) is 0.687. The van der Waals surface area contributed by atoms with E-state index in [0.29, 0.717) is 16.7 Å². The fraction of sp³-hybridized carbons (Fsp3) is 0.0833. The van der Waals surface area contributed by atoms with Crippen LogP contribution in [0.2, 0.25) is 5.02 Å². The van der Waals surface area contributed by atoms with Crippen LogP contribution in [0.25, 0.3) is 0 Å². The Kier molecular flexibility index (Phi) is 4.42. The first-order valence-electron chi connectivity index (χ1n) is 4.83. The zero-order chi connectivity index (χ0) is 12.3. The van der Waals surface area contributed by atoms with Gasteiger partial charge in [0.25, 0.3) is 0 Å². The summed E-state index contributed by atoms with van der Waals surface area (Å²) < 4.78 is 6.46. The molecule has 0 fully saturated rings. The van der Waals surface area contributed by atoms with Gasteiger partial charge in [-0.2, -0.15) is 0 Å². The number of nitrogens with zero attached hydrogens (tertiary/aromatic N) is 1. The fourth-order valence-corrected chi connectivity index (χ4v) is 2.14. The number of hydrogen-bond acceptors (Lipinski definition) is 2. The Morgan fingerprint density at radius 2 is 1.94 bits per heavy atom. The molecule has 0 aliphatic heterocycles. The number of alkyl halides is 1. The van der Waals surface area contributed by atoms with Crippen LogP contribution >= 0.6 is 43.5 Å². The number of benzene rings is 1. The predicted octanol–water partition coefficient (Wildman–Crippen LogP) is 5.18. The number of hydrogen-bond donors (Lipinski definition) is 0. The summed E-state index contributed by atoms with van der Waals surface area (Å²) in [5.41, 5.74) is 1.08. The van der Waals surface area contributed by atoms with Crippen molar-refractivity contribution in [2.45, 2.75) is 5.33 Å². The smallest absolute Gasteiger partial charge is 0.233 e. The van der Waals surface area contributed by atoms with Crippen LogP contribution in [0.1, 0.15) is 5.56 Å². The highest BCUT2D eigenvalue weighted by Crippen LogP contribution is 2.29. The van der Waals surface area contributed by atoms with Crippen molar-refractivity contribution in [2.24, 2.45) is 0 Å². The SMILES string of the molecule is Clc1ccc(Oc2ncc(CBr)cc2Br)cc1. The van der Waals surface area contributed by atoms with Crippen LogP contribution in [0.5, 0.6) is 11.6 Å². The maximum absolute atomic E-state index is 5.80. The lowest BCUT2D eigenvalue weighted by Crippen LogP contribution is -1.90. The topological polar surface area (TPSA) is 22.1 Å². The summed E-state index contributed by atoms with van der Waals surface area (Å²) in [6.45, 7) is 0. The van der Waals surface area contributed by atoms with Gasteiger partial charge in [-0.3, -0.25) is 0 Å². The van der Waals surface area contributed by atoms with E-state index < -0.39 is 0 Å². The van der Waals surface area contributed by atoms with E-state index in [9.17, 15) is 0 Å². The van der Waals surface area contributed by atoms with Crippen LogP contribution < -0.4 is 4.74 Å². The zero-order valence-corrected chi connectivity index (χ0v) is 12.6. The van der Waals surface area contributed by atoms with E-state index in [1.54, 1.807) is 30.5 Å². The van der Waals surface area contributed by atoms with Gasteiger partial charge in [0.1, 0.15) is 5.75 Å². The van der Waals surface area contributed by atoms with Gasteiger partial charge in [-0.1, -0.05) is 27.5 Å². The van der Waals surface area contributed by atoms with E-state index in [0.717, 1.165) is 15.4 Å². The minimum absolute atomic E-state index is 0.539. The highest BCUT2D eigenvalue weighted by atomic mass is 79.9. The van der Waals surface area contributed by atoms with Crippen molar-refractivity contribution in [2.75, 3.05) is 0 Å². The van der Waals surface area contributed by atoms with Crippen molar-refractivity contribution in [3.8, 4) is 11.6 Å². The van der Waals surface area contributed by atoms with Gasteiger partial charge in [0.05, 0.1) is 4.47 Å². The molecule has 2 aromatic rings. The maximum Gasteiger partial charge on any atom is 0.233 e. The van der Waals surface area contributed by atoms with E-state index in [4.69, 9.17) is 16.3 Å². The molecular formula is C12H8Br2ClNO. The molecule has 2 rings (SSSR count). The van der Waals surface area contributed by atoms with Crippen LogP contribution in [0.15, 0.2) is 41.0 Å². The minimum atomic E-state index is 0.539. The van der Waals surface area contributed by atoms with Crippen molar-refractivity contribution in [1.82, 2.24) is 4.98 Å². The van der Waals surface area contributed by atoms with Crippen molar-refractivity contribution in [1.29, 1.82) is 0 Å². The summed E-state index contributed by atoms with van der Waals surface area (Å²) in [6.07, 6.45) is 1.77. The molecule has 0 aliphatic rings. The molecule has 1 aromatic heterocycles. The molecule has 2 nitrogen and oxygen atoms in total. The summed E-state index contributed by atoms with van der Waals surface area (Å²) in [7, 11) is 0. The molecule has 0 unspecified atom stereocenters. The van der Waals surface area contributed by atoms with Gasteiger partial charge in [-0.15, -0.1) is 0 Å². The second kappa shape index (κ2) is 5.85. The van der Waals surface area contributed by atoms with E-state index in [2.05, 4.69) is 36.8 Å². The van der Waals surface area contributed by atoms with Crippen LogP contribution in [0, 0.1) is 0 Å². The molecule has 0 N–H and O–H groups in total. The molecular weight excluding hydrogens is 369 g/mol. The third-order valence-electron chi connectivity index (χ3n) is 2.05. The average Bonchev–Trinajstić information content (AvgIpc) is 2.34. The Bertz CT molecular complexity index is 516. The Morgan fingerprint density at radius 1 is 1.24 bits per heavy atom. The van der Waals surface area contributed by atoms with Gasteiger partial charge in [-0.05, 0) is 51.8 Å². The number of rotatable bonds is 3. The summed E-state index contributed by atoms with van der Waals surface area (Å²) in [6, 6.07) is 9.12. The third-order valence-corrected chi connectivity index (χ3v) is 3.51. The Hall–Kier alpha value is -0.580. The normalized spacial score (nSPS) is 10.3. The first-order valence-corrected chi connectivity index (χ1v) is 7.12. The highest BCUT2D eigenvalue weighted by molar-refractivity contribution is 9.10. The molecule has 0 aliphatic carbocycles. The number of aromatic nitrogens is 1. The van der Waals surface area contributed by atoms with Crippen LogP contribution in [0.3, 0.4) is 0 Å². The average molecular weight is 377 g/mol. The van der Waals surface area contributed by atoms with E-state index in [-0.39, 0.29) is 0 Å². The first kappa shape index (κ1) is 12.9. The lowest BCUT2D eigenvalue weighted by atomic mass is 10.3. The van der Waals surface area contributed by atoms with Gasteiger partial charge in [0, 0.05) is 16.5 Å². The second-order valence-electron chi connectivity index (χ2n) is 3.32. The molecule has 0 radical (unpaired) electrons. The minimum Gasteiger partial charge on any atom is -0.438 e. The molecule has 88 valence electrons. The second-order valence-corrected chi connectivity index (χ2v) is 5.17. The van der Waals surface area contributed by atoms with Crippen molar-refractivity contribution in [3.63, 3.8) is 0 Å². The lowest BCUT2D eigenvalue weighted by molar-refractivity contribution is 0.459. The summed E-state index contributed by atoms with van der Waals surface area (Å²) in [4.78, 5) is 4.23. The molecule has 0 saturated carbocycles. The first-order chi connectivity index (χ1) is 8.19. The number of ether oxygens (including phenoxy) is 1. The molecule has 5 heteroatoms. The third kappa shape index (κ3) is 3.44. The van der Waals surface area contributed by atoms with Gasteiger partial charge in [-0.25, -0.2) is 4.98 Å². The largest absolute Gasteiger partial charge is 0.438 e. The fourth-order valence-electron chi connectivity index (χ4n) is 1.23. The Balaban J connectivity index is 2.21. The van der Waals surface area contributed by atoms with E-state index in [1.807, 2.05) is 6.07 Å². The molecule has 0 spiro atoms. The van der Waals surface area contributed by atoms with Crippen molar-refractivity contribution >= 4 is 43.5 Å². The standard InChI is InChI=1S/C12H8Br2ClNO/c13-6-8-5-11(14)12(16-7-8)17-10-3-1-9(15)2-4-10/h1-5,7H,6H2. The van der Waals surface area contributed by atoms with Gasteiger partial charge in [0.15, 0.2) is 0 Å². The monoisotopic (exact) mass is 375 g/mol. The predicted molar refractivity (Wildman–Crippen MR) is 76.1 cm³/mol. The van der Waals surface area contributed by atoms with E-state index in [1.165, 1.54) is 0 Å². The summed E-state index contributed by atoms with van der Waals surface area (Å²) in [5, 5.41) is 1.44. The number of halogens is 3. The van der Waals surface area contributed by atoms with Crippen LogP contribution in [-0.4, -0.2) is 4.98 Å². The zero-order valence-electron chi connectivity index (χ0n) is 8.66. The van der Waals surface area contributed by atoms with Crippen LogP contribution in [0.4, 0.5) is 0 Å². The van der Waals surface area contributed by atoms with Crippen molar-refractivity contribution in [3.05, 3.63) is 51.6 Å². The molecule has 1 aromatic carbocycles. The summed E-state index contributed by atoms with van der Waals surface area (Å²) >= 11 is 12.6. The molecule has 0 bridgehead atoms. The molecule has 1 heterocycles. The van der Waals surface area contributed by atoms with Crippen LogP contribution in [-0.2, 0) is 5.33 Å². The Morgan fingerprint density at radius 3 is 2.53 bits per heavy atom. The van der Waals surface area contributed by atoms with Gasteiger partial charge < -0.3 is 4.74 Å². The number of pyridine rings is 1.